The van der Waals surface area contributed by atoms with E-state index >= 15 is 0 Å². The third kappa shape index (κ3) is 4.11. The van der Waals surface area contributed by atoms with Crippen molar-refractivity contribution in [3.8, 4) is 0 Å². The summed E-state index contributed by atoms with van der Waals surface area (Å²) in [5.74, 6) is -0.160. The number of hydrogen-bond donors (Lipinski definition) is 2. The maximum Gasteiger partial charge on any atom is 0.241 e. The van der Waals surface area contributed by atoms with E-state index in [1.54, 1.807) is 11.8 Å². The van der Waals surface area contributed by atoms with Crippen LogP contribution in [0.15, 0.2) is 59.5 Å². The number of amides is 1. The van der Waals surface area contributed by atoms with Gasteiger partial charge in [0.25, 0.3) is 0 Å². The SMILES string of the molecule is CSc1cccc(NC(=O)C(N)Cc2ccccc2)c1. The first-order chi connectivity index (χ1) is 9.69. The molecule has 0 aliphatic heterocycles. The van der Waals surface area contributed by atoms with E-state index < -0.39 is 6.04 Å². The van der Waals surface area contributed by atoms with Gasteiger partial charge in [-0.05, 0) is 36.4 Å². The second-order valence-corrected chi connectivity index (χ2v) is 5.40. The lowest BCUT2D eigenvalue weighted by Crippen LogP contribution is -2.37. The fourth-order valence-corrected chi connectivity index (χ4v) is 2.36. The molecule has 0 bridgehead atoms. The summed E-state index contributed by atoms with van der Waals surface area (Å²) in [5, 5.41) is 2.86. The van der Waals surface area contributed by atoms with E-state index in [4.69, 9.17) is 5.73 Å². The lowest BCUT2D eigenvalue weighted by atomic mass is 10.1. The van der Waals surface area contributed by atoms with E-state index in [9.17, 15) is 4.79 Å². The van der Waals surface area contributed by atoms with Crippen LogP contribution in [0.1, 0.15) is 5.56 Å². The Kier molecular flexibility index (Phi) is 5.21. The Hall–Kier alpha value is -1.78. The number of carbonyl (C=O) groups is 1. The molecule has 3 N–H and O–H groups in total. The predicted molar refractivity (Wildman–Crippen MR) is 85.0 cm³/mol. The van der Waals surface area contributed by atoms with Crippen molar-refractivity contribution in [2.75, 3.05) is 11.6 Å². The minimum Gasteiger partial charge on any atom is -0.325 e. The van der Waals surface area contributed by atoms with Gasteiger partial charge in [0.1, 0.15) is 0 Å². The Morgan fingerprint density at radius 2 is 1.95 bits per heavy atom. The van der Waals surface area contributed by atoms with E-state index in [2.05, 4.69) is 5.32 Å². The van der Waals surface area contributed by atoms with Crippen molar-refractivity contribution >= 4 is 23.4 Å². The monoisotopic (exact) mass is 286 g/mol. The van der Waals surface area contributed by atoms with Crippen LogP contribution < -0.4 is 11.1 Å². The first kappa shape index (κ1) is 14.6. The van der Waals surface area contributed by atoms with Crippen molar-refractivity contribution in [1.82, 2.24) is 0 Å². The number of hydrogen-bond acceptors (Lipinski definition) is 3. The molecule has 104 valence electrons. The zero-order valence-corrected chi connectivity index (χ0v) is 12.2. The summed E-state index contributed by atoms with van der Waals surface area (Å²) in [6.45, 7) is 0. The molecule has 0 saturated carbocycles. The Balaban J connectivity index is 1.97. The fourth-order valence-electron chi connectivity index (χ4n) is 1.90. The van der Waals surface area contributed by atoms with Gasteiger partial charge >= 0.3 is 0 Å². The zero-order chi connectivity index (χ0) is 14.4. The fraction of sp³-hybridized carbons (Fsp3) is 0.188. The van der Waals surface area contributed by atoms with Crippen LogP contribution in [0.3, 0.4) is 0 Å². The van der Waals surface area contributed by atoms with Gasteiger partial charge in [0.2, 0.25) is 5.91 Å². The largest absolute Gasteiger partial charge is 0.325 e. The van der Waals surface area contributed by atoms with Crippen LogP contribution in [0.5, 0.6) is 0 Å². The average Bonchev–Trinajstić information content (AvgIpc) is 2.48. The molecule has 2 aromatic carbocycles. The molecule has 4 heteroatoms. The Morgan fingerprint density at radius 1 is 1.20 bits per heavy atom. The molecular weight excluding hydrogens is 268 g/mol. The van der Waals surface area contributed by atoms with Gasteiger partial charge in [-0.2, -0.15) is 0 Å². The minimum atomic E-state index is -0.546. The van der Waals surface area contributed by atoms with Gasteiger partial charge in [-0.25, -0.2) is 0 Å². The quantitative estimate of drug-likeness (QED) is 0.831. The molecule has 20 heavy (non-hydrogen) atoms. The molecule has 1 amide bonds. The van der Waals surface area contributed by atoms with Crippen LogP contribution in [-0.2, 0) is 11.2 Å². The summed E-state index contributed by atoms with van der Waals surface area (Å²) >= 11 is 1.64. The van der Waals surface area contributed by atoms with Crippen molar-refractivity contribution in [1.29, 1.82) is 0 Å². The summed E-state index contributed by atoms with van der Waals surface area (Å²) in [4.78, 5) is 13.2. The maximum atomic E-state index is 12.1. The van der Waals surface area contributed by atoms with Gasteiger partial charge in [-0.15, -0.1) is 11.8 Å². The van der Waals surface area contributed by atoms with Crippen LogP contribution in [0, 0.1) is 0 Å². The molecule has 0 aliphatic rings. The summed E-state index contributed by atoms with van der Waals surface area (Å²) in [7, 11) is 0. The number of thioether (sulfide) groups is 1. The van der Waals surface area contributed by atoms with Crippen molar-refractivity contribution in [3.63, 3.8) is 0 Å². The molecule has 0 saturated heterocycles. The zero-order valence-electron chi connectivity index (χ0n) is 11.4. The number of carbonyl (C=O) groups excluding carboxylic acids is 1. The molecule has 0 heterocycles. The van der Waals surface area contributed by atoms with E-state index in [0.29, 0.717) is 6.42 Å². The van der Waals surface area contributed by atoms with Crippen LogP contribution in [0.2, 0.25) is 0 Å². The third-order valence-electron chi connectivity index (χ3n) is 2.97. The average molecular weight is 286 g/mol. The number of benzene rings is 2. The summed E-state index contributed by atoms with van der Waals surface area (Å²) in [6.07, 6.45) is 2.54. The van der Waals surface area contributed by atoms with E-state index in [-0.39, 0.29) is 5.91 Å². The first-order valence-corrected chi connectivity index (χ1v) is 7.66. The smallest absolute Gasteiger partial charge is 0.241 e. The second-order valence-electron chi connectivity index (χ2n) is 4.52. The molecule has 2 aromatic rings. The van der Waals surface area contributed by atoms with Gasteiger partial charge in [0.05, 0.1) is 6.04 Å². The lowest BCUT2D eigenvalue weighted by Gasteiger charge is -2.12. The Morgan fingerprint density at radius 3 is 2.65 bits per heavy atom. The van der Waals surface area contributed by atoms with Crippen molar-refractivity contribution < 1.29 is 4.79 Å². The molecule has 0 spiro atoms. The van der Waals surface area contributed by atoms with Gasteiger partial charge in [-0.3, -0.25) is 4.79 Å². The molecular formula is C16H18N2OS. The van der Waals surface area contributed by atoms with Gasteiger partial charge < -0.3 is 11.1 Å². The normalized spacial score (nSPS) is 11.9. The second kappa shape index (κ2) is 7.12. The van der Waals surface area contributed by atoms with Crippen LogP contribution in [0.4, 0.5) is 5.69 Å². The maximum absolute atomic E-state index is 12.1. The summed E-state index contributed by atoms with van der Waals surface area (Å²) in [6, 6.07) is 17.0. The summed E-state index contributed by atoms with van der Waals surface area (Å²) < 4.78 is 0. The molecule has 2 rings (SSSR count). The Bertz CT molecular complexity index is 572. The van der Waals surface area contributed by atoms with Crippen LogP contribution in [-0.4, -0.2) is 18.2 Å². The lowest BCUT2D eigenvalue weighted by molar-refractivity contribution is -0.117. The first-order valence-electron chi connectivity index (χ1n) is 6.43. The number of nitrogens with two attached hydrogens (primary N) is 1. The molecule has 0 radical (unpaired) electrons. The highest BCUT2D eigenvalue weighted by molar-refractivity contribution is 7.98. The predicted octanol–water partition coefficient (Wildman–Crippen LogP) is 2.92. The molecule has 1 atom stereocenters. The van der Waals surface area contributed by atoms with Crippen LogP contribution in [0.25, 0.3) is 0 Å². The van der Waals surface area contributed by atoms with Gasteiger partial charge in [-0.1, -0.05) is 36.4 Å². The van der Waals surface area contributed by atoms with Crippen molar-refractivity contribution in [3.05, 3.63) is 60.2 Å². The van der Waals surface area contributed by atoms with Gasteiger partial charge in [0.15, 0.2) is 0 Å². The van der Waals surface area contributed by atoms with E-state index in [1.165, 1.54) is 0 Å². The molecule has 0 aromatic heterocycles. The molecule has 0 fully saturated rings. The highest BCUT2D eigenvalue weighted by atomic mass is 32.2. The summed E-state index contributed by atoms with van der Waals surface area (Å²) in [5.41, 5.74) is 7.80. The molecule has 1 unspecified atom stereocenters. The molecule has 0 aliphatic carbocycles. The molecule has 3 nitrogen and oxygen atoms in total. The number of nitrogens with one attached hydrogen (secondary N) is 1. The third-order valence-corrected chi connectivity index (χ3v) is 3.70. The highest BCUT2D eigenvalue weighted by Gasteiger charge is 2.14. The van der Waals surface area contributed by atoms with Gasteiger partial charge in [0, 0.05) is 10.6 Å². The standard InChI is InChI=1S/C16H18N2OS/c1-20-14-9-5-8-13(11-14)18-16(19)15(17)10-12-6-3-2-4-7-12/h2-9,11,15H,10,17H2,1H3,(H,18,19). The van der Waals surface area contributed by atoms with Crippen LogP contribution >= 0.6 is 11.8 Å². The van der Waals surface area contributed by atoms with E-state index in [0.717, 1.165) is 16.1 Å². The van der Waals surface area contributed by atoms with E-state index in [1.807, 2.05) is 60.9 Å². The Labute approximate surface area is 123 Å². The van der Waals surface area contributed by atoms with Crippen molar-refractivity contribution in [2.24, 2.45) is 5.73 Å². The minimum absolute atomic E-state index is 0.160. The number of anilines is 1. The highest BCUT2D eigenvalue weighted by Crippen LogP contribution is 2.19. The van der Waals surface area contributed by atoms with Crippen molar-refractivity contribution in [2.45, 2.75) is 17.4 Å². The topological polar surface area (TPSA) is 55.1 Å². The number of rotatable bonds is 5.